The fourth-order valence-electron chi connectivity index (χ4n) is 5.92. The fraction of sp³-hybridized carbons (Fsp3) is 0.174. The lowest BCUT2D eigenvalue weighted by Crippen LogP contribution is -2.41. The van der Waals surface area contributed by atoms with E-state index in [0.717, 1.165) is 0 Å². The molecular formula is C46H37Cl9O7. The molecule has 0 spiro atoms. The van der Waals surface area contributed by atoms with E-state index in [2.05, 4.69) is 0 Å². The SMILES string of the molecule is CCOC(=O)C(O)(c1ccc(Cl)cc1)c1ccc(Cl)cc1.CCOC(=O)C(O)(c1ccc(Cl)cc1)c1ccc(Cl)cc1.OC(c1ccc(Cl)cc1)(c1ccc(Cl)cc1)C(Cl)(Cl)Cl. The minimum Gasteiger partial charge on any atom is -0.463 e. The number of esters is 2. The van der Waals surface area contributed by atoms with Gasteiger partial charge in [0, 0.05) is 30.1 Å². The molecule has 62 heavy (non-hydrogen) atoms. The van der Waals surface area contributed by atoms with Crippen LogP contribution in [0.15, 0.2) is 146 Å². The summed E-state index contributed by atoms with van der Waals surface area (Å²) >= 11 is 53.1. The summed E-state index contributed by atoms with van der Waals surface area (Å²) in [6, 6.07) is 38.5. The zero-order valence-electron chi connectivity index (χ0n) is 32.6. The standard InChI is InChI=1S/2C16H14Cl2O3.C14H9Cl5O/c2*1-2-21-15(19)16(20,11-3-7-13(17)8-4-11)12-5-9-14(18)10-6-12;15-11-5-1-9(2-6-11)13(20,14(17,18)19)10-3-7-12(16)8-4-10/h2*3-10,20H,2H2,1H3;1-8,20H. The van der Waals surface area contributed by atoms with E-state index >= 15 is 0 Å². The average molecular weight is 1020 g/mol. The monoisotopic (exact) mass is 1020 g/mol. The summed E-state index contributed by atoms with van der Waals surface area (Å²) in [7, 11) is 0. The minimum atomic E-state index is -1.96. The molecular weight excluding hydrogens is 984 g/mol. The first kappa shape index (κ1) is 51.4. The van der Waals surface area contributed by atoms with Gasteiger partial charge in [-0.2, -0.15) is 0 Å². The van der Waals surface area contributed by atoms with Gasteiger partial charge in [-0.05, 0) is 120 Å². The highest BCUT2D eigenvalue weighted by Gasteiger charge is 2.50. The number of aliphatic hydroxyl groups is 3. The Balaban J connectivity index is 0.000000205. The van der Waals surface area contributed by atoms with E-state index in [4.69, 9.17) is 114 Å². The lowest BCUT2D eigenvalue weighted by Gasteiger charge is -2.35. The van der Waals surface area contributed by atoms with Crippen LogP contribution in [0.25, 0.3) is 0 Å². The second-order valence-corrected chi connectivity index (χ2v) is 18.0. The van der Waals surface area contributed by atoms with Gasteiger partial charge >= 0.3 is 11.9 Å². The van der Waals surface area contributed by atoms with Crippen molar-refractivity contribution >= 4 is 116 Å². The van der Waals surface area contributed by atoms with Crippen LogP contribution in [-0.2, 0) is 35.9 Å². The maximum atomic E-state index is 12.3. The molecule has 0 aromatic heterocycles. The molecule has 16 heteroatoms. The molecule has 0 fully saturated rings. The topological polar surface area (TPSA) is 113 Å². The number of carbonyl (C=O) groups is 2. The van der Waals surface area contributed by atoms with Gasteiger partial charge in [-0.3, -0.25) is 0 Å². The van der Waals surface area contributed by atoms with Crippen molar-refractivity contribution < 1.29 is 34.4 Å². The number of halogens is 9. The third kappa shape index (κ3) is 12.3. The van der Waals surface area contributed by atoms with Gasteiger partial charge in [0.1, 0.15) is 0 Å². The fourth-order valence-corrected chi connectivity index (χ4v) is 7.33. The Morgan fingerprint density at radius 1 is 0.387 bits per heavy atom. The number of benzene rings is 6. The highest BCUT2D eigenvalue weighted by atomic mass is 35.6. The van der Waals surface area contributed by atoms with Gasteiger partial charge in [0.2, 0.25) is 15.0 Å². The van der Waals surface area contributed by atoms with Gasteiger partial charge in [0.15, 0.2) is 5.60 Å². The summed E-state index contributed by atoms with van der Waals surface area (Å²) in [6.45, 7) is 3.70. The largest absolute Gasteiger partial charge is 0.463 e. The van der Waals surface area contributed by atoms with Gasteiger partial charge in [-0.15, -0.1) is 0 Å². The van der Waals surface area contributed by atoms with E-state index in [1.165, 1.54) is 0 Å². The molecule has 0 radical (unpaired) electrons. The Morgan fingerprint density at radius 2 is 0.565 bits per heavy atom. The van der Waals surface area contributed by atoms with Crippen molar-refractivity contribution in [2.75, 3.05) is 13.2 Å². The van der Waals surface area contributed by atoms with E-state index in [9.17, 15) is 24.9 Å². The smallest absolute Gasteiger partial charge is 0.347 e. The van der Waals surface area contributed by atoms with Crippen molar-refractivity contribution in [1.29, 1.82) is 0 Å². The summed E-state index contributed by atoms with van der Waals surface area (Å²) in [6.07, 6.45) is 0. The van der Waals surface area contributed by atoms with Crippen molar-refractivity contribution in [3.63, 3.8) is 0 Å². The first-order valence-corrected chi connectivity index (χ1v) is 21.8. The Hall–Kier alpha value is -3.25. The molecule has 6 aromatic carbocycles. The number of alkyl halides is 3. The van der Waals surface area contributed by atoms with Crippen molar-refractivity contribution in [1.82, 2.24) is 0 Å². The van der Waals surface area contributed by atoms with Gasteiger partial charge in [0.05, 0.1) is 13.2 Å². The van der Waals surface area contributed by atoms with Crippen molar-refractivity contribution in [3.05, 3.63) is 209 Å². The number of hydrogen-bond donors (Lipinski definition) is 3. The van der Waals surface area contributed by atoms with E-state index < -0.39 is 32.5 Å². The van der Waals surface area contributed by atoms with Crippen LogP contribution in [0.2, 0.25) is 30.1 Å². The minimum absolute atomic E-state index is 0.169. The zero-order valence-corrected chi connectivity index (χ0v) is 39.5. The molecule has 6 rings (SSSR count). The van der Waals surface area contributed by atoms with Gasteiger partial charge in [-0.25, -0.2) is 9.59 Å². The van der Waals surface area contributed by atoms with Crippen LogP contribution >= 0.6 is 104 Å². The van der Waals surface area contributed by atoms with Gasteiger partial charge in [-0.1, -0.05) is 177 Å². The number of hydrogen-bond acceptors (Lipinski definition) is 7. The quantitative estimate of drug-likeness (QED) is 0.0925. The highest BCUT2D eigenvalue weighted by Crippen LogP contribution is 2.49. The lowest BCUT2D eigenvalue weighted by molar-refractivity contribution is -0.162. The summed E-state index contributed by atoms with van der Waals surface area (Å²) < 4.78 is 8.08. The molecule has 0 atom stereocenters. The summed E-state index contributed by atoms with van der Waals surface area (Å²) in [5.74, 6) is -1.48. The summed E-state index contributed by atoms with van der Waals surface area (Å²) in [4.78, 5) is 24.6. The Morgan fingerprint density at radius 3 is 0.726 bits per heavy atom. The molecule has 0 aliphatic rings. The highest BCUT2D eigenvalue weighted by molar-refractivity contribution is 6.68. The van der Waals surface area contributed by atoms with Crippen molar-refractivity contribution in [2.24, 2.45) is 0 Å². The Kier molecular flexibility index (Phi) is 18.7. The Labute approximate surface area is 404 Å². The molecule has 0 heterocycles. The first-order chi connectivity index (χ1) is 29.2. The van der Waals surface area contributed by atoms with Crippen LogP contribution in [0.3, 0.4) is 0 Å². The Bertz CT molecular complexity index is 2120. The summed E-state index contributed by atoms with van der Waals surface area (Å²) in [5.41, 5.74) is -3.24. The van der Waals surface area contributed by atoms with E-state index in [1.54, 1.807) is 159 Å². The van der Waals surface area contributed by atoms with E-state index in [1.807, 2.05) is 0 Å². The molecule has 3 N–H and O–H groups in total. The summed E-state index contributed by atoms with van der Waals surface area (Å²) in [5, 5.41) is 36.0. The molecule has 0 saturated carbocycles. The second kappa shape index (κ2) is 22.6. The van der Waals surface area contributed by atoms with E-state index in [0.29, 0.717) is 63.5 Å². The van der Waals surface area contributed by atoms with Crippen LogP contribution in [0.1, 0.15) is 47.2 Å². The predicted octanol–water partition coefficient (Wildman–Crippen LogP) is 13.2. The number of rotatable bonds is 10. The number of ether oxygens (including phenoxy) is 2. The molecule has 0 aliphatic carbocycles. The molecule has 7 nitrogen and oxygen atoms in total. The second-order valence-electron chi connectivity index (χ2n) is 13.1. The van der Waals surface area contributed by atoms with Crippen LogP contribution in [0.5, 0.6) is 0 Å². The van der Waals surface area contributed by atoms with Gasteiger partial charge < -0.3 is 24.8 Å². The van der Waals surface area contributed by atoms with Crippen LogP contribution in [0.4, 0.5) is 0 Å². The molecule has 0 aliphatic heterocycles. The predicted molar refractivity (Wildman–Crippen MR) is 251 cm³/mol. The maximum absolute atomic E-state index is 12.3. The van der Waals surface area contributed by atoms with E-state index in [-0.39, 0.29) is 13.2 Å². The first-order valence-electron chi connectivity index (χ1n) is 18.4. The van der Waals surface area contributed by atoms with Crippen LogP contribution in [0, 0.1) is 0 Å². The third-order valence-corrected chi connectivity index (χ3v) is 11.5. The molecule has 326 valence electrons. The molecule has 0 unspecified atom stereocenters. The van der Waals surface area contributed by atoms with Crippen LogP contribution in [-0.4, -0.2) is 44.3 Å². The number of carbonyl (C=O) groups excluding carboxylic acids is 2. The normalized spacial score (nSPS) is 11.6. The van der Waals surface area contributed by atoms with Crippen molar-refractivity contribution in [3.8, 4) is 0 Å². The molecule has 0 saturated heterocycles. The average Bonchev–Trinajstić information content (AvgIpc) is 3.24. The molecule has 6 aromatic rings. The molecule has 0 amide bonds. The lowest BCUT2D eigenvalue weighted by atomic mass is 9.86. The maximum Gasteiger partial charge on any atom is 0.347 e. The van der Waals surface area contributed by atoms with Crippen molar-refractivity contribution in [2.45, 2.75) is 34.4 Å². The molecule has 0 bridgehead atoms. The van der Waals surface area contributed by atoms with Gasteiger partial charge in [0.25, 0.3) is 0 Å². The third-order valence-electron chi connectivity index (χ3n) is 9.12. The van der Waals surface area contributed by atoms with Crippen LogP contribution < -0.4 is 0 Å². The zero-order chi connectivity index (χ0) is 45.9.